The monoisotopic (exact) mass is 514 g/mol. The van der Waals surface area contributed by atoms with Gasteiger partial charge in [-0.05, 0) is 37.5 Å². The Bertz CT molecular complexity index is 754. The molecule has 0 aliphatic heterocycles. The van der Waals surface area contributed by atoms with Crippen LogP contribution in [-0.4, -0.2) is 31.6 Å². The van der Waals surface area contributed by atoms with Crippen LogP contribution in [-0.2, 0) is 12.0 Å². The van der Waals surface area contributed by atoms with E-state index >= 15 is 0 Å². The molecule has 1 fully saturated rings. The summed E-state index contributed by atoms with van der Waals surface area (Å²) in [5, 5.41) is 8.04. The molecule has 5 nitrogen and oxygen atoms in total. The summed E-state index contributed by atoms with van der Waals surface area (Å²) < 4.78 is 5.33. The maximum Gasteiger partial charge on any atom is 0.191 e. The molecule has 1 saturated carbocycles. The van der Waals surface area contributed by atoms with E-state index in [1.54, 1.807) is 18.4 Å². The molecular weight excluding hydrogens is 483 g/mol. The van der Waals surface area contributed by atoms with Crippen LogP contribution in [0, 0.1) is 6.92 Å². The highest BCUT2D eigenvalue weighted by Crippen LogP contribution is 2.39. The van der Waals surface area contributed by atoms with Gasteiger partial charge in [0.25, 0.3) is 0 Å². The number of aliphatic imine (C=N–C) groups is 1. The van der Waals surface area contributed by atoms with Gasteiger partial charge in [-0.25, -0.2) is 4.98 Å². The van der Waals surface area contributed by atoms with E-state index in [9.17, 15) is 0 Å². The van der Waals surface area contributed by atoms with Crippen LogP contribution in [0.5, 0.6) is 5.75 Å². The van der Waals surface area contributed by atoms with Gasteiger partial charge in [-0.15, -0.1) is 35.3 Å². The van der Waals surface area contributed by atoms with Gasteiger partial charge in [0.15, 0.2) is 5.96 Å². The molecule has 3 rings (SSSR count). The van der Waals surface area contributed by atoms with Crippen LogP contribution >= 0.6 is 35.3 Å². The predicted molar refractivity (Wildman–Crippen MR) is 128 cm³/mol. The molecule has 1 aromatic carbocycles. The molecule has 154 valence electrons. The highest BCUT2D eigenvalue weighted by atomic mass is 127. The van der Waals surface area contributed by atoms with Crippen molar-refractivity contribution in [1.82, 2.24) is 15.6 Å². The third-order valence-corrected chi connectivity index (χ3v) is 6.32. The van der Waals surface area contributed by atoms with E-state index in [1.165, 1.54) is 42.5 Å². The topological polar surface area (TPSA) is 58.5 Å². The average Bonchev–Trinajstić information content (AvgIpc) is 3.14. The van der Waals surface area contributed by atoms with Crippen molar-refractivity contribution in [2.75, 3.05) is 20.7 Å². The summed E-state index contributed by atoms with van der Waals surface area (Å²) in [6.07, 6.45) is 8.20. The second kappa shape index (κ2) is 11.0. The fourth-order valence-electron chi connectivity index (χ4n) is 3.86. The minimum atomic E-state index is 0. The zero-order valence-corrected chi connectivity index (χ0v) is 20.1. The third kappa shape index (κ3) is 5.83. The molecule has 0 saturated heterocycles. The maximum absolute atomic E-state index is 5.33. The zero-order valence-electron chi connectivity index (χ0n) is 17.0. The SMILES string of the molecule is CN=C(NCc1ncc(C)s1)NCC1(c2ccc(OC)cc2)CCCCC1.I. The smallest absolute Gasteiger partial charge is 0.191 e. The van der Waals surface area contributed by atoms with Gasteiger partial charge < -0.3 is 15.4 Å². The molecule has 1 aliphatic carbocycles. The number of guanidine groups is 1. The lowest BCUT2D eigenvalue weighted by atomic mass is 9.69. The summed E-state index contributed by atoms with van der Waals surface area (Å²) in [7, 11) is 3.54. The Morgan fingerprint density at radius 3 is 2.46 bits per heavy atom. The Morgan fingerprint density at radius 2 is 1.89 bits per heavy atom. The number of ether oxygens (including phenoxy) is 1. The van der Waals surface area contributed by atoms with Crippen molar-refractivity contribution in [3.63, 3.8) is 0 Å². The number of hydrogen-bond acceptors (Lipinski definition) is 4. The molecular formula is C21H31IN4OS. The van der Waals surface area contributed by atoms with Crippen molar-refractivity contribution in [1.29, 1.82) is 0 Å². The molecule has 1 aromatic heterocycles. The fraction of sp³-hybridized carbons (Fsp3) is 0.524. The van der Waals surface area contributed by atoms with E-state index in [4.69, 9.17) is 4.74 Å². The molecule has 0 unspecified atom stereocenters. The quantitative estimate of drug-likeness (QED) is 0.335. The molecule has 7 heteroatoms. The van der Waals surface area contributed by atoms with Crippen LogP contribution in [0.3, 0.4) is 0 Å². The molecule has 28 heavy (non-hydrogen) atoms. The number of nitrogens with one attached hydrogen (secondary N) is 2. The van der Waals surface area contributed by atoms with Crippen LogP contribution in [0.25, 0.3) is 0 Å². The Labute approximate surface area is 189 Å². The number of hydrogen-bond donors (Lipinski definition) is 2. The first-order chi connectivity index (χ1) is 13.1. The maximum atomic E-state index is 5.33. The third-order valence-electron chi connectivity index (χ3n) is 5.41. The van der Waals surface area contributed by atoms with Crippen LogP contribution in [0.4, 0.5) is 0 Å². The Morgan fingerprint density at radius 1 is 1.18 bits per heavy atom. The molecule has 0 spiro atoms. The normalized spacial score (nSPS) is 16.2. The van der Waals surface area contributed by atoms with Crippen LogP contribution in [0.15, 0.2) is 35.5 Å². The number of methoxy groups -OCH3 is 1. The first-order valence-electron chi connectivity index (χ1n) is 9.65. The largest absolute Gasteiger partial charge is 0.497 e. The standard InChI is InChI=1S/C21H30N4OS.HI/c1-16-13-23-19(27-16)14-24-20(22-2)25-15-21(11-5-4-6-12-21)17-7-9-18(26-3)10-8-17;/h7-10,13H,4-6,11-12,14-15H2,1-3H3,(H2,22,24,25);1H. The molecule has 1 aliphatic rings. The Kier molecular flexibility index (Phi) is 9.01. The minimum absolute atomic E-state index is 0. The zero-order chi connectivity index (χ0) is 19.1. The lowest BCUT2D eigenvalue weighted by Gasteiger charge is -2.38. The van der Waals surface area contributed by atoms with Gasteiger partial charge in [-0.1, -0.05) is 31.4 Å². The molecule has 2 N–H and O–H groups in total. The van der Waals surface area contributed by atoms with Crippen LogP contribution in [0.2, 0.25) is 0 Å². The van der Waals surface area contributed by atoms with Crippen molar-refractivity contribution >= 4 is 41.3 Å². The highest BCUT2D eigenvalue weighted by molar-refractivity contribution is 14.0. The number of aryl methyl sites for hydroxylation is 1. The van der Waals surface area contributed by atoms with Crippen molar-refractivity contribution < 1.29 is 4.74 Å². The number of aromatic nitrogens is 1. The number of nitrogens with zero attached hydrogens (tertiary/aromatic N) is 2. The molecule has 2 aromatic rings. The van der Waals surface area contributed by atoms with Crippen LogP contribution < -0.4 is 15.4 Å². The highest BCUT2D eigenvalue weighted by Gasteiger charge is 2.34. The first kappa shape index (κ1) is 22.9. The molecule has 1 heterocycles. The van der Waals surface area contributed by atoms with E-state index in [0.29, 0.717) is 6.54 Å². The lowest BCUT2D eigenvalue weighted by molar-refractivity contribution is 0.291. The van der Waals surface area contributed by atoms with Gasteiger partial charge in [-0.3, -0.25) is 4.99 Å². The Hall–Kier alpha value is -1.35. The van der Waals surface area contributed by atoms with Gasteiger partial charge in [0, 0.05) is 30.1 Å². The van der Waals surface area contributed by atoms with E-state index in [2.05, 4.69) is 51.8 Å². The number of rotatable bonds is 6. The summed E-state index contributed by atoms with van der Waals surface area (Å²) in [5.74, 6) is 1.75. The number of thiazole rings is 1. The van der Waals surface area contributed by atoms with E-state index in [-0.39, 0.29) is 29.4 Å². The molecule has 0 radical (unpaired) electrons. The lowest BCUT2D eigenvalue weighted by Crippen LogP contribution is -2.46. The van der Waals surface area contributed by atoms with Gasteiger partial charge in [0.1, 0.15) is 10.8 Å². The van der Waals surface area contributed by atoms with Crippen LogP contribution in [0.1, 0.15) is 47.6 Å². The van der Waals surface area contributed by atoms with Crippen molar-refractivity contribution in [2.24, 2.45) is 4.99 Å². The Balaban J connectivity index is 0.00000280. The van der Waals surface area contributed by atoms with Crippen molar-refractivity contribution in [2.45, 2.75) is 51.0 Å². The summed E-state index contributed by atoms with van der Waals surface area (Å²) >= 11 is 1.72. The van der Waals surface area contributed by atoms with Crippen molar-refractivity contribution in [3.8, 4) is 5.75 Å². The minimum Gasteiger partial charge on any atom is -0.497 e. The van der Waals surface area contributed by atoms with E-state index in [1.807, 2.05) is 13.2 Å². The van der Waals surface area contributed by atoms with Crippen molar-refractivity contribution in [3.05, 3.63) is 45.9 Å². The second-order valence-corrected chi connectivity index (χ2v) is 8.53. The van der Waals surface area contributed by atoms with Gasteiger partial charge in [-0.2, -0.15) is 0 Å². The number of halogens is 1. The summed E-state index contributed by atoms with van der Waals surface area (Å²) in [6.45, 7) is 3.67. The van der Waals surface area contributed by atoms with E-state index in [0.717, 1.165) is 23.3 Å². The van der Waals surface area contributed by atoms with Gasteiger partial charge in [0.05, 0.1) is 13.7 Å². The fourth-order valence-corrected chi connectivity index (χ4v) is 4.58. The predicted octanol–water partition coefficient (Wildman–Crippen LogP) is 4.65. The first-order valence-corrected chi connectivity index (χ1v) is 10.5. The molecule has 0 bridgehead atoms. The summed E-state index contributed by atoms with van der Waals surface area (Å²) in [6, 6.07) is 8.59. The summed E-state index contributed by atoms with van der Waals surface area (Å²) in [4.78, 5) is 10.0. The summed E-state index contributed by atoms with van der Waals surface area (Å²) in [5.41, 5.74) is 1.54. The van der Waals surface area contributed by atoms with E-state index < -0.39 is 0 Å². The number of benzene rings is 1. The molecule has 0 amide bonds. The molecule has 0 atom stereocenters. The van der Waals surface area contributed by atoms with Gasteiger partial charge >= 0.3 is 0 Å². The second-order valence-electron chi connectivity index (χ2n) is 7.21. The average molecular weight is 514 g/mol. The van der Waals surface area contributed by atoms with Gasteiger partial charge in [0.2, 0.25) is 0 Å².